The van der Waals surface area contributed by atoms with Crippen molar-refractivity contribution in [3.05, 3.63) is 24.1 Å². The Morgan fingerprint density at radius 2 is 2.17 bits per heavy atom. The highest BCUT2D eigenvalue weighted by molar-refractivity contribution is 5.21. The first kappa shape index (κ1) is 11.4. The summed E-state index contributed by atoms with van der Waals surface area (Å²) in [4.78, 5) is 0. The van der Waals surface area contributed by atoms with Crippen LogP contribution in [0.4, 0.5) is 4.39 Å². The van der Waals surface area contributed by atoms with Gasteiger partial charge >= 0.3 is 0 Å². The normalized spacial score (nSPS) is 14.5. The van der Waals surface area contributed by atoms with Crippen molar-refractivity contribution in [2.24, 2.45) is 5.92 Å². The van der Waals surface area contributed by atoms with E-state index in [1.54, 1.807) is 0 Å². The zero-order valence-electron chi connectivity index (χ0n) is 8.36. The monoisotopic (exact) mass is 170 g/mol. The highest BCUT2D eigenvalue weighted by atomic mass is 19.1. The van der Waals surface area contributed by atoms with E-state index in [0.717, 1.165) is 24.8 Å². The lowest BCUT2D eigenvalue weighted by Crippen LogP contribution is -1.96. The van der Waals surface area contributed by atoms with Gasteiger partial charge in [-0.2, -0.15) is 0 Å². The second-order valence-electron chi connectivity index (χ2n) is 3.32. The number of allylic oxidation sites excluding steroid dienone is 3. The Bertz CT molecular complexity index is 168. The Hall–Kier alpha value is -0.590. The molecule has 0 fully saturated rings. The van der Waals surface area contributed by atoms with Crippen LogP contribution in [0.2, 0.25) is 0 Å². The Morgan fingerprint density at radius 1 is 1.58 bits per heavy atom. The van der Waals surface area contributed by atoms with E-state index in [9.17, 15) is 4.39 Å². The van der Waals surface area contributed by atoms with Crippen molar-refractivity contribution in [1.29, 1.82) is 0 Å². The molecule has 0 nitrogen and oxygen atoms in total. The highest BCUT2D eigenvalue weighted by Gasteiger charge is 2.06. The summed E-state index contributed by atoms with van der Waals surface area (Å²) in [5.41, 5.74) is 0.760. The smallest absolute Gasteiger partial charge is 0.118 e. The lowest BCUT2D eigenvalue weighted by atomic mass is 9.96. The van der Waals surface area contributed by atoms with Gasteiger partial charge in [0.05, 0.1) is 0 Å². The van der Waals surface area contributed by atoms with Crippen LogP contribution in [0.1, 0.15) is 40.0 Å². The van der Waals surface area contributed by atoms with Crippen LogP contribution in [0.25, 0.3) is 0 Å². The molecule has 12 heavy (non-hydrogen) atoms. The van der Waals surface area contributed by atoms with E-state index in [1.165, 1.54) is 0 Å². The molecule has 0 aliphatic rings. The van der Waals surface area contributed by atoms with Gasteiger partial charge < -0.3 is 0 Å². The molecule has 0 aromatic carbocycles. The van der Waals surface area contributed by atoms with Gasteiger partial charge in [0.15, 0.2) is 0 Å². The van der Waals surface area contributed by atoms with Crippen molar-refractivity contribution in [1.82, 2.24) is 0 Å². The Morgan fingerprint density at radius 3 is 2.50 bits per heavy atom. The minimum Gasteiger partial charge on any atom is -0.207 e. The van der Waals surface area contributed by atoms with Crippen LogP contribution in [0.5, 0.6) is 0 Å². The highest BCUT2D eigenvalue weighted by Crippen LogP contribution is 2.21. The van der Waals surface area contributed by atoms with Gasteiger partial charge in [0, 0.05) is 0 Å². The number of hydrogen-bond donors (Lipinski definition) is 0. The minimum absolute atomic E-state index is 0.277. The lowest BCUT2D eigenvalue weighted by Gasteiger charge is -2.10. The van der Waals surface area contributed by atoms with Crippen molar-refractivity contribution in [3.63, 3.8) is 0 Å². The Balaban J connectivity index is 3.95. The van der Waals surface area contributed by atoms with E-state index < -0.39 is 0 Å². The molecule has 0 aromatic rings. The molecule has 0 aromatic heterocycles. The largest absolute Gasteiger partial charge is 0.207 e. The van der Waals surface area contributed by atoms with E-state index in [4.69, 9.17) is 0 Å². The van der Waals surface area contributed by atoms with Crippen LogP contribution in [-0.2, 0) is 0 Å². The maximum absolute atomic E-state index is 12.7. The van der Waals surface area contributed by atoms with Crippen molar-refractivity contribution >= 4 is 0 Å². The van der Waals surface area contributed by atoms with Gasteiger partial charge in [-0.1, -0.05) is 39.3 Å². The van der Waals surface area contributed by atoms with Crippen LogP contribution >= 0.6 is 0 Å². The number of rotatable bonds is 5. The summed E-state index contributed by atoms with van der Waals surface area (Å²) in [6.45, 7) is 9.46. The fraction of sp³-hybridized carbons (Fsp3) is 0.636. The van der Waals surface area contributed by atoms with Crippen molar-refractivity contribution < 1.29 is 4.39 Å². The summed E-state index contributed by atoms with van der Waals surface area (Å²) < 4.78 is 12.7. The summed E-state index contributed by atoms with van der Waals surface area (Å²) in [6.07, 6.45) is 4.95. The topological polar surface area (TPSA) is 0 Å². The number of hydrogen-bond acceptors (Lipinski definition) is 0. The Labute approximate surface area is 75.2 Å². The van der Waals surface area contributed by atoms with Gasteiger partial charge in [-0.3, -0.25) is 0 Å². The van der Waals surface area contributed by atoms with E-state index in [-0.39, 0.29) is 5.83 Å². The summed E-state index contributed by atoms with van der Waals surface area (Å²) in [5.74, 6) is 0.286. The molecular weight excluding hydrogens is 151 g/mol. The maximum atomic E-state index is 12.7. The van der Waals surface area contributed by atoms with Crippen molar-refractivity contribution in [3.8, 4) is 0 Å². The van der Waals surface area contributed by atoms with Gasteiger partial charge in [-0.25, -0.2) is 4.39 Å². The molecule has 0 N–H and O–H groups in total. The average molecular weight is 170 g/mol. The summed E-state index contributed by atoms with van der Waals surface area (Å²) >= 11 is 0. The molecule has 0 radical (unpaired) electrons. The summed E-state index contributed by atoms with van der Waals surface area (Å²) in [5, 5.41) is 0. The third-order valence-corrected chi connectivity index (χ3v) is 2.05. The van der Waals surface area contributed by atoms with Gasteiger partial charge in [-0.05, 0) is 24.8 Å². The maximum Gasteiger partial charge on any atom is 0.118 e. The predicted octanol–water partition coefficient (Wildman–Crippen LogP) is 4.24. The second-order valence-corrected chi connectivity index (χ2v) is 3.32. The first-order valence-electron chi connectivity index (χ1n) is 4.61. The zero-order valence-corrected chi connectivity index (χ0v) is 8.36. The Kier molecular flexibility index (Phi) is 5.69. The first-order chi connectivity index (χ1) is 5.61. The van der Waals surface area contributed by atoms with Crippen LogP contribution in [-0.4, -0.2) is 0 Å². The first-order valence-corrected chi connectivity index (χ1v) is 4.61. The van der Waals surface area contributed by atoms with Crippen LogP contribution in [0.15, 0.2) is 24.1 Å². The van der Waals surface area contributed by atoms with Crippen molar-refractivity contribution in [2.75, 3.05) is 0 Å². The standard InChI is InChI=1S/C11H19F/c1-5-7-9(3)8-11(6-2)10(4)12/h6,9H,4-5,7-8H2,1-3H3/b11-6-. The molecule has 1 atom stereocenters. The third-order valence-electron chi connectivity index (χ3n) is 2.05. The van der Waals surface area contributed by atoms with Gasteiger partial charge in [0.1, 0.15) is 5.83 Å². The quantitative estimate of drug-likeness (QED) is 0.541. The van der Waals surface area contributed by atoms with Gasteiger partial charge in [0.25, 0.3) is 0 Å². The molecule has 0 amide bonds. The van der Waals surface area contributed by atoms with E-state index in [2.05, 4.69) is 20.4 Å². The minimum atomic E-state index is -0.277. The fourth-order valence-corrected chi connectivity index (χ4v) is 1.36. The molecule has 0 aliphatic carbocycles. The van der Waals surface area contributed by atoms with Gasteiger partial charge in [0.2, 0.25) is 0 Å². The van der Waals surface area contributed by atoms with Crippen LogP contribution < -0.4 is 0 Å². The molecule has 0 spiro atoms. The third kappa shape index (κ3) is 4.32. The van der Waals surface area contributed by atoms with E-state index in [0.29, 0.717) is 5.92 Å². The SMILES string of the molecule is C=C(F)/C(=C\C)CC(C)CCC. The van der Waals surface area contributed by atoms with E-state index in [1.807, 2.05) is 13.0 Å². The van der Waals surface area contributed by atoms with Gasteiger partial charge in [-0.15, -0.1) is 0 Å². The molecule has 0 rings (SSSR count). The lowest BCUT2D eigenvalue weighted by molar-refractivity contribution is 0.507. The van der Waals surface area contributed by atoms with Crippen molar-refractivity contribution in [2.45, 2.75) is 40.0 Å². The molecular formula is C11H19F. The fourth-order valence-electron chi connectivity index (χ4n) is 1.36. The molecule has 70 valence electrons. The van der Waals surface area contributed by atoms with E-state index >= 15 is 0 Å². The molecule has 1 unspecified atom stereocenters. The molecule has 0 bridgehead atoms. The molecule has 1 heteroatoms. The predicted molar refractivity (Wildman–Crippen MR) is 52.7 cm³/mol. The second kappa shape index (κ2) is 5.99. The van der Waals surface area contributed by atoms with Crippen LogP contribution in [0.3, 0.4) is 0 Å². The average Bonchev–Trinajstić information content (AvgIpc) is 2.00. The molecule has 0 aliphatic heterocycles. The molecule has 0 saturated heterocycles. The molecule has 0 saturated carbocycles. The summed E-state index contributed by atoms with van der Waals surface area (Å²) in [6, 6.07) is 0. The summed E-state index contributed by atoms with van der Waals surface area (Å²) in [7, 11) is 0. The number of halogens is 1. The van der Waals surface area contributed by atoms with Crippen LogP contribution in [0, 0.1) is 5.92 Å². The molecule has 0 heterocycles. The zero-order chi connectivity index (χ0) is 9.56.